The fourth-order valence-corrected chi connectivity index (χ4v) is 3.48. The number of amides is 1. The van der Waals surface area contributed by atoms with Crippen LogP contribution in [-0.2, 0) is 6.42 Å². The van der Waals surface area contributed by atoms with E-state index < -0.39 is 0 Å². The van der Waals surface area contributed by atoms with Crippen LogP contribution in [0.4, 0.5) is 0 Å². The van der Waals surface area contributed by atoms with Crippen LogP contribution in [0, 0.1) is 0 Å². The number of carbonyl (C=O) groups is 1. The summed E-state index contributed by atoms with van der Waals surface area (Å²) in [6, 6.07) is 8.06. The Balaban J connectivity index is 1.83. The molecule has 146 valence electrons. The van der Waals surface area contributed by atoms with Crippen molar-refractivity contribution in [3.63, 3.8) is 0 Å². The van der Waals surface area contributed by atoms with E-state index in [0.29, 0.717) is 24.7 Å². The van der Waals surface area contributed by atoms with Crippen molar-refractivity contribution in [1.82, 2.24) is 25.2 Å². The highest BCUT2D eigenvalue weighted by Gasteiger charge is 2.28. The molecular weight excluding hydrogens is 342 g/mol. The van der Waals surface area contributed by atoms with E-state index in [1.807, 2.05) is 57.0 Å². The van der Waals surface area contributed by atoms with Gasteiger partial charge in [0.1, 0.15) is 5.75 Å². The van der Waals surface area contributed by atoms with Crippen molar-refractivity contribution in [3.05, 3.63) is 35.7 Å². The molecule has 1 aliphatic rings. The molecule has 0 spiro atoms. The van der Waals surface area contributed by atoms with Crippen molar-refractivity contribution in [3.8, 4) is 11.4 Å². The summed E-state index contributed by atoms with van der Waals surface area (Å²) in [6.45, 7) is 7.50. The zero-order chi connectivity index (χ0) is 19.4. The van der Waals surface area contributed by atoms with E-state index in [4.69, 9.17) is 4.74 Å². The highest BCUT2D eigenvalue weighted by Crippen LogP contribution is 2.20. The molecule has 1 saturated heterocycles. The van der Waals surface area contributed by atoms with Crippen LogP contribution in [0.3, 0.4) is 0 Å². The normalized spacial score (nSPS) is 17.4. The Bertz CT molecular complexity index is 769. The first-order valence-electron chi connectivity index (χ1n) is 9.71. The Morgan fingerprint density at radius 1 is 1.33 bits per heavy atom. The molecule has 1 aromatic heterocycles. The molecule has 1 amide bonds. The van der Waals surface area contributed by atoms with Gasteiger partial charge in [0.25, 0.3) is 5.91 Å². The molecule has 3 rings (SSSR count). The lowest BCUT2D eigenvalue weighted by atomic mass is 10.1. The molecule has 1 aliphatic heterocycles. The largest absolute Gasteiger partial charge is 0.491 e. The van der Waals surface area contributed by atoms with Gasteiger partial charge in [-0.3, -0.25) is 4.79 Å². The number of benzene rings is 1. The first kappa shape index (κ1) is 19.4. The minimum atomic E-state index is -0.0298. The number of aromatic nitrogens is 3. The molecule has 1 fully saturated rings. The summed E-state index contributed by atoms with van der Waals surface area (Å²) in [5.74, 6) is 0.785. The summed E-state index contributed by atoms with van der Waals surface area (Å²) < 4.78 is 7.45. The Kier molecular flexibility index (Phi) is 6.11. The summed E-state index contributed by atoms with van der Waals surface area (Å²) in [4.78, 5) is 14.9. The third kappa shape index (κ3) is 4.30. The molecular formula is C20H29N5O2. The second-order valence-electron chi connectivity index (χ2n) is 7.19. The lowest BCUT2D eigenvalue weighted by Crippen LogP contribution is -2.47. The summed E-state index contributed by atoms with van der Waals surface area (Å²) in [5, 5.41) is 11.8. The van der Waals surface area contributed by atoms with Crippen LogP contribution in [0.5, 0.6) is 5.75 Å². The van der Waals surface area contributed by atoms with Crippen molar-refractivity contribution >= 4 is 5.91 Å². The van der Waals surface area contributed by atoms with E-state index in [9.17, 15) is 4.79 Å². The van der Waals surface area contributed by atoms with Crippen LogP contribution in [-0.4, -0.2) is 58.1 Å². The van der Waals surface area contributed by atoms with Crippen molar-refractivity contribution in [2.75, 3.05) is 20.1 Å². The van der Waals surface area contributed by atoms with Gasteiger partial charge in [-0.05, 0) is 64.4 Å². The first-order valence-corrected chi connectivity index (χ1v) is 9.71. The zero-order valence-electron chi connectivity index (χ0n) is 16.6. The zero-order valence-corrected chi connectivity index (χ0v) is 16.6. The number of nitrogens with zero attached hydrogens (tertiary/aromatic N) is 4. The molecule has 1 atom stereocenters. The van der Waals surface area contributed by atoms with E-state index in [-0.39, 0.29) is 12.0 Å². The highest BCUT2D eigenvalue weighted by molar-refractivity contribution is 5.93. The average molecular weight is 371 g/mol. The Morgan fingerprint density at radius 2 is 2.07 bits per heavy atom. The number of hydrogen-bond acceptors (Lipinski definition) is 5. The Morgan fingerprint density at radius 3 is 2.70 bits per heavy atom. The Labute approximate surface area is 160 Å². The lowest BCUT2D eigenvalue weighted by molar-refractivity contribution is 0.0691. The minimum absolute atomic E-state index is 0.0298. The summed E-state index contributed by atoms with van der Waals surface area (Å²) in [7, 11) is 1.94. The maximum absolute atomic E-state index is 13.0. The van der Waals surface area contributed by atoms with Crippen molar-refractivity contribution in [2.45, 2.75) is 52.2 Å². The van der Waals surface area contributed by atoms with Gasteiger partial charge in [-0.2, -0.15) is 0 Å². The number of piperidine rings is 1. The van der Waals surface area contributed by atoms with Gasteiger partial charge in [0.05, 0.1) is 17.5 Å². The van der Waals surface area contributed by atoms with Gasteiger partial charge in [-0.1, -0.05) is 12.1 Å². The van der Waals surface area contributed by atoms with E-state index >= 15 is 0 Å². The van der Waals surface area contributed by atoms with E-state index in [1.165, 1.54) is 0 Å². The SMILES string of the molecule is CCc1c(C(=O)N2CCC[C@H](NC)C2)nnn1-c1ccc(OC(C)C)cc1. The first-order chi connectivity index (χ1) is 13.0. The van der Waals surface area contributed by atoms with Crippen molar-refractivity contribution < 1.29 is 9.53 Å². The highest BCUT2D eigenvalue weighted by atomic mass is 16.5. The van der Waals surface area contributed by atoms with E-state index in [0.717, 1.165) is 36.5 Å². The Hall–Kier alpha value is -2.41. The third-order valence-electron chi connectivity index (χ3n) is 4.87. The number of rotatable bonds is 6. The fraction of sp³-hybridized carbons (Fsp3) is 0.550. The molecule has 27 heavy (non-hydrogen) atoms. The van der Waals surface area contributed by atoms with Gasteiger partial charge in [0.2, 0.25) is 0 Å². The van der Waals surface area contributed by atoms with Gasteiger partial charge in [0, 0.05) is 19.1 Å². The lowest BCUT2D eigenvalue weighted by Gasteiger charge is -2.32. The van der Waals surface area contributed by atoms with Crippen molar-refractivity contribution in [1.29, 1.82) is 0 Å². The maximum atomic E-state index is 13.0. The molecule has 1 aromatic carbocycles. The third-order valence-corrected chi connectivity index (χ3v) is 4.87. The van der Waals surface area contributed by atoms with Crippen LogP contribution in [0.25, 0.3) is 5.69 Å². The monoisotopic (exact) mass is 371 g/mol. The summed E-state index contributed by atoms with van der Waals surface area (Å²) in [5.41, 5.74) is 2.17. The summed E-state index contributed by atoms with van der Waals surface area (Å²) >= 11 is 0. The van der Waals surface area contributed by atoms with Gasteiger partial charge < -0.3 is 15.0 Å². The van der Waals surface area contributed by atoms with Gasteiger partial charge in [-0.25, -0.2) is 4.68 Å². The molecule has 0 radical (unpaired) electrons. The average Bonchev–Trinajstić information content (AvgIpc) is 3.11. The van der Waals surface area contributed by atoms with E-state index in [2.05, 4.69) is 15.6 Å². The van der Waals surface area contributed by atoms with Crippen LogP contribution in [0.2, 0.25) is 0 Å². The van der Waals surface area contributed by atoms with Crippen LogP contribution in [0.1, 0.15) is 49.8 Å². The van der Waals surface area contributed by atoms with Crippen LogP contribution in [0.15, 0.2) is 24.3 Å². The molecule has 7 nitrogen and oxygen atoms in total. The maximum Gasteiger partial charge on any atom is 0.276 e. The van der Waals surface area contributed by atoms with Gasteiger partial charge >= 0.3 is 0 Å². The minimum Gasteiger partial charge on any atom is -0.491 e. The number of nitrogens with one attached hydrogen (secondary N) is 1. The molecule has 2 aromatic rings. The second-order valence-corrected chi connectivity index (χ2v) is 7.19. The molecule has 2 heterocycles. The fourth-order valence-electron chi connectivity index (χ4n) is 3.48. The van der Waals surface area contributed by atoms with Gasteiger partial charge in [0.15, 0.2) is 5.69 Å². The van der Waals surface area contributed by atoms with Gasteiger partial charge in [-0.15, -0.1) is 5.10 Å². The van der Waals surface area contributed by atoms with Crippen molar-refractivity contribution in [2.24, 2.45) is 0 Å². The molecule has 0 saturated carbocycles. The molecule has 7 heteroatoms. The van der Waals surface area contributed by atoms with Crippen LogP contribution < -0.4 is 10.1 Å². The molecule has 0 bridgehead atoms. The molecule has 1 N–H and O–H groups in total. The topological polar surface area (TPSA) is 72.3 Å². The quantitative estimate of drug-likeness (QED) is 0.844. The smallest absolute Gasteiger partial charge is 0.276 e. The van der Waals surface area contributed by atoms with E-state index in [1.54, 1.807) is 4.68 Å². The number of carbonyl (C=O) groups excluding carboxylic acids is 1. The standard InChI is InChI=1S/C20H29N5O2/c1-5-18-19(20(26)24-12-6-7-15(13-24)21-4)22-23-25(18)16-8-10-17(11-9-16)27-14(2)3/h8-11,14-15,21H,5-7,12-13H2,1-4H3/t15-/m0/s1. The molecule has 0 aliphatic carbocycles. The number of hydrogen-bond donors (Lipinski definition) is 1. The number of ether oxygens (including phenoxy) is 1. The molecule has 0 unspecified atom stereocenters. The number of likely N-dealkylation sites (N-methyl/N-ethyl adjacent to an activating group) is 1. The number of likely N-dealkylation sites (tertiary alicyclic amines) is 1. The predicted octanol–water partition coefficient (Wildman–Crippen LogP) is 2.44. The summed E-state index contributed by atoms with van der Waals surface area (Å²) in [6.07, 6.45) is 2.91. The second kappa shape index (κ2) is 8.52. The predicted molar refractivity (Wildman–Crippen MR) is 104 cm³/mol. The van der Waals surface area contributed by atoms with Crippen LogP contribution >= 0.6 is 0 Å².